The number of hydrogen-bond acceptors (Lipinski definition) is 3. The molecule has 3 N–H and O–H groups in total. The number of anilines is 1. The number of hydrazine groups is 1. The highest BCUT2D eigenvalue weighted by molar-refractivity contribution is 5.93. The Kier molecular flexibility index (Phi) is 2.45. The van der Waals surface area contributed by atoms with E-state index in [9.17, 15) is 8.78 Å². The first-order chi connectivity index (χ1) is 8.61. The Morgan fingerprint density at radius 2 is 2.06 bits per heavy atom. The van der Waals surface area contributed by atoms with E-state index in [-0.39, 0.29) is 16.5 Å². The summed E-state index contributed by atoms with van der Waals surface area (Å²) in [6.07, 6.45) is 2.08. The molecule has 0 saturated heterocycles. The molecule has 0 atom stereocenters. The summed E-state index contributed by atoms with van der Waals surface area (Å²) in [7, 11) is 0. The molecular weight excluding hydrogens is 236 g/mol. The van der Waals surface area contributed by atoms with Crippen LogP contribution in [0.3, 0.4) is 0 Å². The minimum atomic E-state index is -0.511. The van der Waals surface area contributed by atoms with E-state index >= 15 is 0 Å². The third kappa shape index (κ3) is 1.62. The highest BCUT2D eigenvalue weighted by atomic mass is 19.1. The quantitative estimate of drug-likeness (QED) is 0.635. The largest absolute Gasteiger partial charge is 0.323 e. The molecule has 1 heterocycles. The Bertz CT molecular complexity index is 636. The summed E-state index contributed by atoms with van der Waals surface area (Å²) in [4.78, 5) is 4.24. The zero-order valence-corrected chi connectivity index (χ0v) is 9.93. The lowest BCUT2D eigenvalue weighted by Gasteiger charge is -2.11. The van der Waals surface area contributed by atoms with Crippen LogP contribution in [0.2, 0.25) is 0 Å². The molecule has 5 heteroatoms. The lowest BCUT2D eigenvalue weighted by molar-refractivity contribution is 0.607. The van der Waals surface area contributed by atoms with Crippen LogP contribution in [0.15, 0.2) is 12.1 Å². The van der Waals surface area contributed by atoms with Gasteiger partial charge in [0.25, 0.3) is 0 Å². The number of pyridine rings is 1. The number of halogens is 2. The van der Waals surface area contributed by atoms with E-state index in [1.54, 1.807) is 6.07 Å². The molecule has 0 spiro atoms. The Hall–Kier alpha value is -1.75. The molecule has 3 rings (SSSR count). The van der Waals surface area contributed by atoms with Crippen LogP contribution >= 0.6 is 0 Å². The van der Waals surface area contributed by atoms with Crippen molar-refractivity contribution in [3.8, 4) is 0 Å². The molecule has 0 unspecified atom stereocenters. The van der Waals surface area contributed by atoms with Gasteiger partial charge in [-0.3, -0.25) is 5.84 Å². The van der Waals surface area contributed by atoms with Gasteiger partial charge >= 0.3 is 0 Å². The normalized spacial score (nSPS) is 15.1. The van der Waals surface area contributed by atoms with Crippen LogP contribution in [-0.4, -0.2) is 4.98 Å². The van der Waals surface area contributed by atoms with E-state index in [2.05, 4.69) is 10.4 Å². The molecule has 2 aromatic rings. The van der Waals surface area contributed by atoms with Crippen molar-refractivity contribution in [2.75, 3.05) is 5.43 Å². The molecule has 94 valence electrons. The smallest absolute Gasteiger partial charge is 0.149 e. The van der Waals surface area contributed by atoms with Crippen LogP contribution < -0.4 is 11.3 Å². The fourth-order valence-electron chi connectivity index (χ4n) is 2.18. The van der Waals surface area contributed by atoms with Crippen molar-refractivity contribution >= 4 is 16.6 Å². The summed E-state index contributed by atoms with van der Waals surface area (Å²) in [5, 5.41) is 0.124. The van der Waals surface area contributed by atoms with Crippen LogP contribution in [0.1, 0.15) is 30.0 Å². The molecule has 1 aromatic carbocycles. The zero-order valence-electron chi connectivity index (χ0n) is 9.93. The molecule has 0 amide bonds. The molecule has 0 aliphatic heterocycles. The number of hydrogen-bond donors (Lipinski definition) is 2. The van der Waals surface area contributed by atoms with Gasteiger partial charge in [-0.15, -0.1) is 0 Å². The number of aryl methyl sites for hydroxylation is 1. The average Bonchev–Trinajstić information content (AvgIpc) is 3.18. The number of aromatic nitrogens is 1. The van der Waals surface area contributed by atoms with E-state index in [1.165, 1.54) is 13.0 Å². The van der Waals surface area contributed by atoms with Crippen molar-refractivity contribution in [3.63, 3.8) is 0 Å². The highest BCUT2D eigenvalue weighted by Crippen LogP contribution is 2.41. The van der Waals surface area contributed by atoms with Crippen molar-refractivity contribution in [2.24, 2.45) is 5.84 Å². The molecule has 1 saturated carbocycles. The zero-order chi connectivity index (χ0) is 12.9. The van der Waals surface area contributed by atoms with Gasteiger partial charge in [0, 0.05) is 11.6 Å². The maximum absolute atomic E-state index is 14.1. The van der Waals surface area contributed by atoms with Crippen molar-refractivity contribution in [3.05, 3.63) is 35.0 Å². The Morgan fingerprint density at radius 3 is 2.67 bits per heavy atom. The second kappa shape index (κ2) is 3.88. The third-order valence-electron chi connectivity index (χ3n) is 3.33. The Morgan fingerprint density at radius 1 is 1.33 bits per heavy atom. The third-order valence-corrected chi connectivity index (χ3v) is 3.33. The Balaban J connectivity index is 2.38. The average molecular weight is 249 g/mol. The van der Waals surface area contributed by atoms with Crippen LogP contribution in [-0.2, 0) is 0 Å². The molecule has 0 bridgehead atoms. The van der Waals surface area contributed by atoms with Crippen LogP contribution in [0, 0.1) is 18.6 Å². The van der Waals surface area contributed by atoms with Gasteiger partial charge in [0.2, 0.25) is 0 Å². The standard InChI is InChI=1S/C13H13F2N3/c1-6-4-8(14)13-11(12(6)15)10(18-16)5-9(17-13)7-2-3-7/h4-5,7H,2-3,16H2,1H3,(H,17,18). The van der Waals surface area contributed by atoms with E-state index in [0.717, 1.165) is 18.5 Å². The predicted octanol–water partition coefficient (Wildman–Crippen LogP) is 2.98. The van der Waals surface area contributed by atoms with E-state index < -0.39 is 11.6 Å². The first-order valence-electron chi connectivity index (χ1n) is 5.87. The molecule has 3 nitrogen and oxygen atoms in total. The number of fused-ring (bicyclic) bond motifs is 1. The van der Waals surface area contributed by atoms with Gasteiger partial charge in [-0.25, -0.2) is 13.8 Å². The lowest BCUT2D eigenvalue weighted by Crippen LogP contribution is -2.10. The van der Waals surface area contributed by atoms with E-state index in [1.807, 2.05) is 0 Å². The Labute approximate surface area is 103 Å². The molecule has 1 aliphatic carbocycles. The van der Waals surface area contributed by atoms with Gasteiger partial charge in [-0.05, 0) is 37.5 Å². The lowest BCUT2D eigenvalue weighted by atomic mass is 10.1. The molecule has 1 aromatic heterocycles. The SMILES string of the molecule is Cc1cc(F)c2nc(C3CC3)cc(NN)c2c1F. The second-order valence-electron chi connectivity index (χ2n) is 4.73. The summed E-state index contributed by atoms with van der Waals surface area (Å²) in [5.41, 5.74) is 3.91. The van der Waals surface area contributed by atoms with Crippen molar-refractivity contribution in [1.82, 2.24) is 4.98 Å². The van der Waals surface area contributed by atoms with Gasteiger partial charge in [0.05, 0.1) is 11.1 Å². The fourth-order valence-corrected chi connectivity index (χ4v) is 2.18. The second-order valence-corrected chi connectivity index (χ2v) is 4.73. The summed E-state index contributed by atoms with van der Waals surface area (Å²) in [5.74, 6) is 4.77. The minimum absolute atomic E-state index is 0.0513. The first-order valence-corrected chi connectivity index (χ1v) is 5.87. The monoisotopic (exact) mass is 249 g/mol. The van der Waals surface area contributed by atoms with Crippen LogP contribution in [0.25, 0.3) is 10.9 Å². The van der Waals surface area contributed by atoms with Gasteiger partial charge < -0.3 is 5.43 Å². The van der Waals surface area contributed by atoms with Gasteiger partial charge in [0.1, 0.15) is 17.2 Å². The number of nitrogens with zero attached hydrogens (tertiary/aromatic N) is 1. The van der Waals surface area contributed by atoms with Gasteiger partial charge in [0.15, 0.2) is 0 Å². The molecule has 18 heavy (non-hydrogen) atoms. The first kappa shape index (κ1) is 11.3. The maximum Gasteiger partial charge on any atom is 0.149 e. The topological polar surface area (TPSA) is 50.9 Å². The minimum Gasteiger partial charge on any atom is -0.323 e. The molecule has 0 radical (unpaired) electrons. The molecule has 1 fully saturated rings. The molecule has 1 aliphatic rings. The summed E-state index contributed by atoms with van der Waals surface area (Å²) in [6, 6.07) is 2.88. The van der Waals surface area contributed by atoms with Crippen LogP contribution in [0.4, 0.5) is 14.5 Å². The van der Waals surface area contributed by atoms with Crippen molar-refractivity contribution in [1.29, 1.82) is 0 Å². The van der Waals surface area contributed by atoms with Crippen molar-refractivity contribution < 1.29 is 8.78 Å². The number of nitrogens with one attached hydrogen (secondary N) is 1. The summed E-state index contributed by atoms with van der Waals surface area (Å²) >= 11 is 0. The summed E-state index contributed by atoms with van der Waals surface area (Å²) in [6.45, 7) is 1.52. The van der Waals surface area contributed by atoms with Crippen LogP contribution in [0.5, 0.6) is 0 Å². The summed E-state index contributed by atoms with van der Waals surface area (Å²) < 4.78 is 28.0. The van der Waals surface area contributed by atoms with Crippen molar-refractivity contribution in [2.45, 2.75) is 25.7 Å². The number of nitrogen functional groups attached to an aromatic ring is 1. The number of benzene rings is 1. The number of rotatable bonds is 2. The number of nitrogens with two attached hydrogens (primary N) is 1. The van der Waals surface area contributed by atoms with E-state index in [4.69, 9.17) is 5.84 Å². The highest BCUT2D eigenvalue weighted by Gasteiger charge is 2.27. The van der Waals surface area contributed by atoms with Gasteiger partial charge in [-0.1, -0.05) is 0 Å². The van der Waals surface area contributed by atoms with E-state index in [0.29, 0.717) is 11.6 Å². The predicted molar refractivity (Wildman–Crippen MR) is 66.2 cm³/mol. The molecular formula is C13H13F2N3. The maximum atomic E-state index is 14.1. The fraction of sp³-hybridized carbons (Fsp3) is 0.308. The van der Waals surface area contributed by atoms with Gasteiger partial charge in [-0.2, -0.15) is 0 Å².